The van der Waals surface area contributed by atoms with Gasteiger partial charge in [-0.25, -0.2) is 23.4 Å². The summed E-state index contributed by atoms with van der Waals surface area (Å²) in [4.78, 5) is 12.3. The second kappa shape index (κ2) is 7.95. The van der Waals surface area contributed by atoms with Crippen molar-refractivity contribution in [3.8, 4) is 17.4 Å². The zero-order valence-corrected chi connectivity index (χ0v) is 16.1. The molecule has 0 saturated carbocycles. The summed E-state index contributed by atoms with van der Waals surface area (Å²) in [6.07, 6.45) is 2.33. The molecule has 0 bridgehead atoms. The lowest BCUT2D eigenvalue weighted by atomic mass is 10.2. The molecular formula is C21H16F3N5O2. The average molecular weight is 427 g/mol. The first-order valence-electron chi connectivity index (χ1n) is 9.61. The monoisotopic (exact) mass is 427 g/mol. The topological polar surface area (TPSA) is 75.0 Å². The molecule has 1 unspecified atom stereocenters. The maximum Gasteiger partial charge on any atom is 0.254 e. The number of hydrogen-bond donors (Lipinski definition) is 0. The van der Waals surface area contributed by atoms with E-state index in [9.17, 15) is 13.2 Å². The number of hydrogen-bond acceptors (Lipinski definition) is 6. The van der Waals surface area contributed by atoms with Gasteiger partial charge in [0.1, 0.15) is 23.4 Å². The molecule has 4 heterocycles. The quantitative estimate of drug-likeness (QED) is 0.485. The summed E-state index contributed by atoms with van der Waals surface area (Å²) in [5.41, 5.74) is 0.889. The summed E-state index contributed by atoms with van der Waals surface area (Å²) in [7, 11) is 0. The first-order chi connectivity index (χ1) is 15.1. The SMILES string of the molecule is Fc1cnc2c(c1)c(-c1ncc(F)c(OC3CCOC3)n1)nn2Cc1ccccc1F. The highest BCUT2D eigenvalue weighted by Gasteiger charge is 2.23. The van der Waals surface area contributed by atoms with E-state index in [1.807, 2.05) is 0 Å². The molecule has 31 heavy (non-hydrogen) atoms. The maximum atomic E-state index is 14.2. The molecule has 1 aliphatic rings. The van der Waals surface area contributed by atoms with Gasteiger partial charge in [0.2, 0.25) is 5.82 Å². The molecule has 3 aromatic heterocycles. The van der Waals surface area contributed by atoms with Crippen LogP contribution < -0.4 is 4.74 Å². The number of benzene rings is 1. The average Bonchev–Trinajstić information content (AvgIpc) is 3.39. The molecule has 0 aliphatic carbocycles. The van der Waals surface area contributed by atoms with E-state index < -0.39 is 17.5 Å². The molecule has 5 rings (SSSR count). The van der Waals surface area contributed by atoms with Gasteiger partial charge in [-0.1, -0.05) is 18.2 Å². The number of ether oxygens (including phenoxy) is 2. The minimum atomic E-state index is -0.727. The van der Waals surface area contributed by atoms with Gasteiger partial charge in [0.05, 0.1) is 37.5 Å². The molecule has 158 valence electrons. The molecule has 1 aromatic carbocycles. The summed E-state index contributed by atoms with van der Waals surface area (Å²) >= 11 is 0. The van der Waals surface area contributed by atoms with Crippen LogP contribution in [-0.2, 0) is 11.3 Å². The Kier molecular flexibility index (Phi) is 4.99. The van der Waals surface area contributed by atoms with E-state index >= 15 is 0 Å². The van der Waals surface area contributed by atoms with Gasteiger partial charge < -0.3 is 9.47 Å². The van der Waals surface area contributed by atoms with Crippen molar-refractivity contribution in [3.63, 3.8) is 0 Å². The predicted molar refractivity (Wildman–Crippen MR) is 104 cm³/mol. The van der Waals surface area contributed by atoms with Crippen molar-refractivity contribution in [2.45, 2.75) is 19.1 Å². The third-order valence-corrected chi connectivity index (χ3v) is 4.92. The lowest BCUT2D eigenvalue weighted by Crippen LogP contribution is -2.17. The molecule has 1 atom stereocenters. The Hall–Kier alpha value is -3.53. The summed E-state index contributed by atoms with van der Waals surface area (Å²) in [5.74, 6) is -1.90. The van der Waals surface area contributed by atoms with Gasteiger partial charge in [-0.05, 0) is 12.1 Å². The Bertz CT molecular complexity index is 1260. The van der Waals surface area contributed by atoms with Crippen LogP contribution in [0.1, 0.15) is 12.0 Å². The van der Waals surface area contributed by atoms with Crippen LogP contribution in [0.2, 0.25) is 0 Å². The summed E-state index contributed by atoms with van der Waals surface area (Å²) in [5, 5.41) is 4.75. The third-order valence-electron chi connectivity index (χ3n) is 4.92. The van der Waals surface area contributed by atoms with Crippen LogP contribution in [0.4, 0.5) is 13.2 Å². The number of fused-ring (bicyclic) bond motifs is 1. The summed E-state index contributed by atoms with van der Waals surface area (Å²) < 4.78 is 54.6. The Labute approximate surface area is 174 Å². The zero-order chi connectivity index (χ0) is 21.4. The van der Waals surface area contributed by atoms with Crippen molar-refractivity contribution >= 4 is 11.0 Å². The van der Waals surface area contributed by atoms with Gasteiger partial charge in [-0.3, -0.25) is 0 Å². The third kappa shape index (κ3) is 3.81. The Morgan fingerprint density at radius 2 is 1.97 bits per heavy atom. The largest absolute Gasteiger partial charge is 0.470 e. The van der Waals surface area contributed by atoms with Gasteiger partial charge in [-0.15, -0.1) is 0 Å². The highest BCUT2D eigenvalue weighted by Crippen LogP contribution is 2.28. The van der Waals surface area contributed by atoms with E-state index in [0.29, 0.717) is 36.2 Å². The number of nitrogens with zero attached hydrogens (tertiary/aromatic N) is 5. The molecule has 4 aromatic rings. The number of aromatic nitrogens is 5. The summed E-state index contributed by atoms with van der Waals surface area (Å²) in [6.45, 7) is 0.931. The van der Waals surface area contributed by atoms with Crippen LogP contribution in [0.3, 0.4) is 0 Å². The van der Waals surface area contributed by atoms with Crippen LogP contribution in [0.25, 0.3) is 22.6 Å². The minimum absolute atomic E-state index is 0.0417. The van der Waals surface area contributed by atoms with Gasteiger partial charge in [0, 0.05) is 12.0 Å². The fourth-order valence-corrected chi connectivity index (χ4v) is 3.41. The van der Waals surface area contributed by atoms with Gasteiger partial charge in [0.15, 0.2) is 11.5 Å². The van der Waals surface area contributed by atoms with Crippen molar-refractivity contribution in [1.29, 1.82) is 0 Å². The van der Waals surface area contributed by atoms with E-state index in [4.69, 9.17) is 9.47 Å². The van der Waals surface area contributed by atoms with Crippen molar-refractivity contribution in [2.75, 3.05) is 13.2 Å². The normalized spacial score (nSPS) is 16.2. The van der Waals surface area contributed by atoms with Crippen LogP contribution in [0, 0.1) is 17.5 Å². The highest BCUT2D eigenvalue weighted by atomic mass is 19.1. The second-order valence-electron chi connectivity index (χ2n) is 7.07. The first kappa shape index (κ1) is 19.4. The molecule has 0 spiro atoms. The molecule has 0 radical (unpaired) electrons. The predicted octanol–water partition coefficient (Wildman–Crippen LogP) is 3.52. The van der Waals surface area contributed by atoms with Crippen LogP contribution >= 0.6 is 0 Å². The van der Waals surface area contributed by atoms with Crippen LogP contribution in [0.15, 0.2) is 42.7 Å². The van der Waals surface area contributed by atoms with E-state index in [1.165, 1.54) is 16.8 Å². The first-order valence-corrected chi connectivity index (χ1v) is 9.61. The zero-order valence-electron chi connectivity index (χ0n) is 16.1. The van der Waals surface area contributed by atoms with Crippen molar-refractivity contribution < 1.29 is 22.6 Å². The summed E-state index contributed by atoms with van der Waals surface area (Å²) in [6, 6.07) is 7.49. The lowest BCUT2D eigenvalue weighted by molar-refractivity contribution is 0.134. The fourth-order valence-electron chi connectivity index (χ4n) is 3.41. The minimum Gasteiger partial charge on any atom is -0.470 e. The van der Waals surface area contributed by atoms with E-state index in [-0.39, 0.29) is 30.0 Å². The van der Waals surface area contributed by atoms with E-state index in [2.05, 4.69) is 20.1 Å². The molecule has 0 N–H and O–H groups in total. The maximum absolute atomic E-state index is 14.2. The standard InChI is InChI=1S/C21H16F3N5O2/c22-13-7-15-18(19-25-9-17(24)21(27-19)31-14-5-6-30-11-14)28-29(20(15)26-8-13)10-12-3-1-2-4-16(12)23/h1-4,7-9,14H,5-6,10-11H2. The Morgan fingerprint density at radius 3 is 2.77 bits per heavy atom. The fraction of sp³-hybridized carbons (Fsp3) is 0.238. The smallest absolute Gasteiger partial charge is 0.254 e. The number of halogens is 3. The lowest BCUT2D eigenvalue weighted by Gasteiger charge is -2.11. The van der Waals surface area contributed by atoms with Gasteiger partial charge >= 0.3 is 0 Å². The molecule has 1 saturated heterocycles. The highest BCUT2D eigenvalue weighted by molar-refractivity contribution is 5.89. The number of pyridine rings is 1. The molecule has 0 amide bonds. The van der Waals surface area contributed by atoms with Crippen LogP contribution in [0.5, 0.6) is 5.88 Å². The van der Waals surface area contributed by atoms with Crippen LogP contribution in [-0.4, -0.2) is 44.1 Å². The van der Waals surface area contributed by atoms with E-state index in [1.54, 1.807) is 18.2 Å². The van der Waals surface area contributed by atoms with Gasteiger partial charge in [0.25, 0.3) is 5.88 Å². The van der Waals surface area contributed by atoms with Crippen molar-refractivity contribution in [3.05, 3.63) is 65.7 Å². The molecule has 1 fully saturated rings. The Morgan fingerprint density at radius 1 is 1.10 bits per heavy atom. The second-order valence-corrected chi connectivity index (χ2v) is 7.07. The molecule has 1 aliphatic heterocycles. The Balaban J connectivity index is 1.58. The number of rotatable bonds is 5. The van der Waals surface area contributed by atoms with Crippen molar-refractivity contribution in [2.24, 2.45) is 0 Å². The van der Waals surface area contributed by atoms with E-state index in [0.717, 1.165) is 12.4 Å². The molecular weight excluding hydrogens is 411 g/mol. The molecule has 7 nitrogen and oxygen atoms in total. The van der Waals surface area contributed by atoms with Gasteiger partial charge in [-0.2, -0.15) is 14.5 Å². The molecule has 10 heteroatoms. The van der Waals surface area contributed by atoms with Crippen molar-refractivity contribution in [1.82, 2.24) is 24.7 Å².